The lowest BCUT2D eigenvalue weighted by Gasteiger charge is -2.25. The number of alkyl halides is 1. The fourth-order valence-corrected chi connectivity index (χ4v) is 2.14. The highest BCUT2D eigenvalue weighted by Crippen LogP contribution is 2.43. The van der Waals surface area contributed by atoms with Gasteiger partial charge in [-0.05, 0) is 12.0 Å². The molecule has 94 valence electrons. The number of halogens is 1. The number of aromatic amines is 1. The van der Waals surface area contributed by atoms with Crippen LogP contribution in [0.25, 0.3) is 0 Å². The van der Waals surface area contributed by atoms with Crippen molar-refractivity contribution in [3.8, 4) is 12.3 Å². The molecule has 0 radical (unpaired) electrons. The molecular weight excluding hydrogens is 239 g/mol. The van der Waals surface area contributed by atoms with Gasteiger partial charge in [-0.3, -0.25) is 14.3 Å². The molecular formula is C12H11FN2O3. The molecule has 2 N–H and O–H groups in total. The minimum atomic E-state index is -2.40. The summed E-state index contributed by atoms with van der Waals surface area (Å²) in [7, 11) is 0. The van der Waals surface area contributed by atoms with Gasteiger partial charge in [0.1, 0.15) is 6.10 Å². The third-order valence-corrected chi connectivity index (χ3v) is 3.13. The van der Waals surface area contributed by atoms with Crippen LogP contribution in [0.2, 0.25) is 0 Å². The standard InChI is InChI=1S/C12H11FN2O3/c1-3-12(13)8(6-7(2)10(12)17)15-5-4-9(16)14-11(15)18/h1,4-5,8,10,17H,2,6H2,(H,14,16,18)/t8-,10-,12+/m1/s1. The minimum absolute atomic E-state index is 0.0355. The van der Waals surface area contributed by atoms with Crippen LogP contribution >= 0.6 is 0 Å². The highest BCUT2D eigenvalue weighted by atomic mass is 19.1. The van der Waals surface area contributed by atoms with Gasteiger partial charge in [-0.1, -0.05) is 12.5 Å². The van der Waals surface area contributed by atoms with Crippen LogP contribution in [-0.2, 0) is 0 Å². The summed E-state index contributed by atoms with van der Waals surface area (Å²) in [6.07, 6.45) is 4.78. The van der Waals surface area contributed by atoms with Crippen molar-refractivity contribution in [1.82, 2.24) is 9.55 Å². The average Bonchev–Trinajstić information content (AvgIpc) is 2.55. The Hall–Kier alpha value is -2.13. The van der Waals surface area contributed by atoms with Crippen molar-refractivity contribution in [2.75, 3.05) is 0 Å². The summed E-state index contributed by atoms with van der Waals surface area (Å²) in [5.74, 6) is 1.88. The summed E-state index contributed by atoms with van der Waals surface area (Å²) in [6.45, 7) is 3.53. The van der Waals surface area contributed by atoms with Crippen LogP contribution < -0.4 is 11.2 Å². The third-order valence-electron chi connectivity index (χ3n) is 3.13. The number of terminal acetylenes is 1. The number of rotatable bonds is 1. The Kier molecular flexibility index (Phi) is 2.71. The van der Waals surface area contributed by atoms with Crippen LogP contribution in [0.5, 0.6) is 0 Å². The molecule has 2 rings (SSSR count). The zero-order valence-electron chi connectivity index (χ0n) is 9.39. The molecule has 1 aromatic rings. The molecule has 1 saturated carbocycles. The number of H-pyrrole nitrogens is 1. The van der Waals surface area contributed by atoms with E-state index in [4.69, 9.17) is 6.42 Å². The number of hydrogen-bond donors (Lipinski definition) is 2. The molecule has 6 heteroatoms. The van der Waals surface area contributed by atoms with Gasteiger partial charge in [0.15, 0.2) is 0 Å². The van der Waals surface area contributed by atoms with Gasteiger partial charge in [0.25, 0.3) is 5.56 Å². The van der Waals surface area contributed by atoms with Crippen LogP contribution in [0.1, 0.15) is 12.5 Å². The monoisotopic (exact) mass is 250 g/mol. The van der Waals surface area contributed by atoms with Crippen LogP contribution in [0.3, 0.4) is 0 Å². The minimum Gasteiger partial charge on any atom is -0.384 e. The Morgan fingerprint density at radius 2 is 2.33 bits per heavy atom. The summed E-state index contributed by atoms with van der Waals surface area (Å²) in [4.78, 5) is 24.6. The van der Waals surface area contributed by atoms with Gasteiger partial charge in [-0.25, -0.2) is 9.18 Å². The lowest BCUT2D eigenvalue weighted by molar-refractivity contribution is 0.0498. The number of hydrogen-bond acceptors (Lipinski definition) is 3. The van der Waals surface area contributed by atoms with Gasteiger partial charge in [-0.15, -0.1) is 6.42 Å². The molecule has 0 bridgehead atoms. The summed E-state index contributed by atoms with van der Waals surface area (Å²) < 4.78 is 15.5. The average molecular weight is 250 g/mol. The normalized spacial score (nSPS) is 31.3. The van der Waals surface area contributed by atoms with E-state index in [-0.39, 0.29) is 12.0 Å². The molecule has 1 aliphatic carbocycles. The van der Waals surface area contributed by atoms with E-state index >= 15 is 0 Å². The van der Waals surface area contributed by atoms with E-state index in [0.29, 0.717) is 0 Å². The fraction of sp³-hybridized carbons (Fsp3) is 0.333. The smallest absolute Gasteiger partial charge is 0.328 e. The zero-order valence-corrected chi connectivity index (χ0v) is 9.39. The molecule has 0 amide bonds. The van der Waals surface area contributed by atoms with Gasteiger partial charge in [0.05, 0.1) is 6.04 Å². The first kappa shape index (κ1) is 12.3. The lowest BCUT2D eigenvalue weighted by Crippen LogP contribution is -2.43. The summed E-state index contributed by atoms with van der Waals surface area (Å²) in [5.41, 5.74) is -3.54. The van der Waals surface area contributed by atoms with Crippen molar-refractivity contribution in [3.63, 3.8) is 0 Å². The quantitative estimate of drug-likeness (QED) is 0.532. The molecule has 1 heterocycles. The van der Waals surface area contributed by atoms with E-state index < -0.39 is 29.1 Å². The number of aromatic nitrogens is 2. The first-order chi connectivity index (χ1) is 8.40. The highest BCUT2D eigenvalue weighted by Gasteiger charge is 2.53. The number of aliphatic hydroxyl groups excluding tert-OH is 1. The number of nitrogens with one attached hydrogen (secondary N) is 1. The van der Waals surface area contributed by atoms with Crippen LogP contribution in [0.4, 0.5) is 4.39 Å². The first-order valence-electron chi connectivity index (χ1n) is 5.24. The maximum absolute atomic E-state index is 14.5. The Morgan fingerprint density at radius 3 is 2.89 bits per heavy atom. The largest absolute Gasteiger partial charge is 0.384 e. The van der Waals surface area contributed by atoms with Gasteiger partial charge >= 0.3 is 5.69 Å². The second-order valence-electron chi connectivity index (χ2n) is 4.21. The van der Waals surface area contributed by atoms with Crippen molar-refractivity contribution in [3.05, 3.63) is 45.3 Å². The Bertz CT molecular complexity index is 654. The van der Waals surface area contributed by atoms with Crippen molar-refractivity contribution in [2.45, 2.75) is 24.2 Å². The van der Waals surface area contributed by atoms with Gasteiger partial charge in [-0.2, -0.15) is 0 Å². The van der Waals surface area contributed by atoms with E-state index in [1.165, 1.54) is 0 Å². The number of aliphatic hydroxyl groups is 1. The summed E-state index contributed by atoms with van der Waals surface area (Å²) in [5, 5.41) is 9.69. The molecule has 0 saturated heterocycles. The molecule has 0 unspecified atom stereocenters. The van der Waals surface area contributed by atoms with Crippen molar-refractivity contribution >= 4 is 0 Å². The van der Waals surface area contributed by atoms with E-state index in [0.717, 1.165) is 16.8 Å². The van der Waals surface area contributed by atoms with Crippen molar-refractivity contribution < 1.29 is 9.50 Å². The number of nitrogens with zero attached hydrogens (tertiary/aromatic N) is 1. The van der Waals surface area contributed by atoms with Crippen LogP contribution in [0, 0.1) is 12.3 Å². The summed E-state index contributed by atoms with van der Waals surface area (Å²) >= 11 is 0. The molecule has 3 atom stereocenters. The molecule has 18 heavy (non-hydrogen) atoms. The van der Waals surface area contributed by atoms with Crippen LogP contribution in [-0.4, -0.2) is 26.4 Å². The molecule has 1 aliphatic rings. The molecule has 0 aromatic carbocycles. The second-order valence-corrected chi connectivity index (χ2v) is 4.21. The molecule has 1 aromatic heterocycles. The predicted octanol–water partition coefficient (Wildman–Crippen LogP) is -0.260. The molecule has 0 aliphatic heterocycles. The highest BCUT2D eigenvalue weighted by molar-refractivity contribution is 5.32. The van der Waals surface area contributed by atoms with Gasteiger partial charge < -0.3 is 5.11 Å². The Morgan fingerprint density at radius 1 is 1.67 bits per heavy atom. The Labute approximate surface area is 102 Å². The summed E-state index contributed by atoms with van der Waals surface area (Å²) in [6, 6.07) is 0.0144. The second kappa shape index (κ2) is 3.96. The van der Waals surface area contributed by atoms with Crippen LogP contribution in [0.15, 0.2) is 34.0 Å². The Balaban J connectivity index is 2.58. The van der Waals surface area contributed by atoms with Gasteiger partial charge in [0.2, 0.25) is 5.67 Å². The third kappa shape index (κ3) is 1.60. The first-order valence-corrected chi connectivity index (χ1v) is 5.24. The molecule has 5 nitrogen and oxygen atoms in total. The zero-order chi connectivity index (χ0) is 13.5. The maximum Gasteiger partial charge on any atom is 0.328 e. The topological polar surface area (TPSA) is 75.1 Å². The van der Waals surface area contributed by atoms with E-state index in [1.54, 1.807) is 0 Å². The maximum atomic E-state index is 14.5. The molecule has 1 fully saturated rings. The van der Waals surface area contributed by atoms with Crippen molar-refractivity contribution in [1.29, 1.82) is 0 Å². The lowest BCUT2D eigenvalue weighted by atomic mass is 9.98. The van der Waals surface area contributed by atoms with E-state index in [9.17, 15) is 19.1 Å². The van der Waals surface area contributed by atoms with Crippen molar-refractivity contribution in [2.24, 2.45) is 0 Å². The predicted molar refractivity (Wildman–Crippen MR) is 62.8 cm³/mol. The van der Waals surface area contributed by atoms with E-state index in [2.05, 4.69) is 6.58 Å². The van der Waals surface area contributed by atoms with Gasteiger partial charge in [0, 0.05) is 12.3 Å². The SMILES string of the molecule is C#C[C@@]1(F)[C@H](O)C(=C)C[C@H]1n1ccc(=O)[nH]c1=O. The fourth-order valence-electron chi connectivity index (χ4n) is 2.14. The van der Waals surface area contributed by atoms with E-state index in [1.807, 2.05) is 10.9 Å². The molecule has 0 spiro atoms.